The van der Waals surface area contributed by atoms with Crippen molar-refractivity contribution in [3.8, 4) is 5.75 Å². The van der Waals surface area contributed by atoms with Crippen molar-refractivity contribution in [1.82, 2.24) is 5.32 Å². The summed E-state index contributed by atoms with van der Waals surface area (Å²) in [5.41, 5.74) is 2.29. The third-order valence-corrected chi connectivity index (χ3v) is 2.80. The molecule has 0 bridgehead atoms. The zero-order valence-corrected chi connectivity index (χ0v) is 11.2. The highest BCUT2D eigenvalue weighted by molar-refractivity contribution is 5.38. The highest BCUT2D eigenvalue weighted by Gasteiger charge is 2.13. The fraction of sp³-hybridized carbons (Fsp3) is 0.571. The molecule has 0 heterocycles. The van der Waals surface area contributed by atoms with E-state index in [1.807, 2.05) is 12.1 Å². The predicted molar refractivity (Wildman–Crippen MR) is 70.5 cm³/mol. The number of benzene rings is 1. The van der Waals surface area contributed by atoms with Crippen LogP contribution >= 0.6 is 0 Å². The molecule has 0 aliphatic carbocycles. The summed E-state index contributed by atoms with van der Waals surface area (Å²) in [5.74, 6) is 0.914. The molecule has 2 N–H and O–H groups in total. The highest BCUT2D eigenvalue weighted by Crippen LogP contribution is 2.24. The van der Waals surface area contributed by atoms with Gasteiger partial charge in [-0.1, -0.05) is 32.9 Å². The third kappa shape index (κ3) is 3.72. The molecule has 3 nitrogen and oxygen atoms in total. The number of rotatable bonds is 6. The Balaban J connectivity index is 2.96. The Bertz CT molecular complexity index is 350. The van der Waals surface area contributed by atoms with Crippen LogP contribution in [0.2, 0.25) is 0 Å². The van der Waals surface area contributed by atoms with Crippen LogP contribution in [-0.4, -0.2) is 24.9 Å². The van der Waals surface area contributed by atoms with Crippen LogP contribution in [0, 0.1) is 0 Å². The van der Waals surface area contributed by atoms with Gasteiger partial charge in [0.15, 0.2) is 0 Å². The van der Waals surface area contributed by atoms with Crippen LogP contribution in [0.4, 0.5) is 0 Å². The number of aryl methyl sites for hydroxylation is 1. The first-order valence-corrected chi connectivity index (χ1v) is 6.16. The Morgan fingerprint density at radius 3 is 2.53 bits per heavy atom. The number of ether oxygens (including phenoxy) is 1. The van der Waals surface area contributed by atoms with Gasteiger partial charge in [0.25, 0.3) is 0 Å². The van der Waals surface area contributed by atoms with Gasteiger partial charge in [-0.05, 0) is 23.6 Å². The summed E-state index contributed by atoms with van der Waals surface area (Å²) < 4.78 is 5.30. The van der Waals surface area contributed by atoms with Gasteiger partial charge in [0.05, 0.1) is 19.8 Å². The zero-order valence-electron chi connectivity index (χ0n) is 11.2. The second-order valence-corrected chi connectivity index (χ2v) is 4.48. The molecule has 0 saturated heterocycles. The maximum Gasteiger partial charge on any atom is 0.122 e. The number of methoxy groups -OCH3 is 1. The van der Waals surface area contributed by atoms with Crippen molar-refractivity contribution >= 4 is 0 Å². The molecule has 17 heavy (non-hydrogen) atoms. The molecule has 1 aromatic rings. The standard InChI is InChI=1S/C14H23NO2/c1-5-11-8-12(6-7-14(11)17-4)13(9-16)15-10(2)3/h6-8,10,13,15-16H,5,9H2,1-4H3. The highest BCUT2D eigenvalue weighted by atomic mass is 16.5. The SMILES string of the molecule is CCc1cc(C(CO)NC(C)C)ccc1OC. The zero-order chi connectivity index (χ0) is 12.8. The van der Waals surface area contributed by atoms with Crippen molar-refractivity contribution in [2.24, 2.45) is 0 Å². The average molecular weight is 237 g/mol. The van der Waals surface area contributed by atoms with Crippen molar-refractivity contribution in [3.05, 3.63) is 29.3 Å². The van der Waals surface area contributed by atoms with Crippen LogP contribution in [0.1, 0.15) is 37.9 Å². The first kappa shape index (κ1) is 14.0. The number of hydrogen-bond acceptors (Lipinski definition) is 3. The lowest BCUT2D eigenvalue weighted by Gasteiger charge is -2.20. The van der Waals surface area contributed by atoms with Gasteiger partial charge < -0.3 is 15.2 Å². The Kier molecular flexibility index (Phi) is 5.45. The monoisotopic (exact) mass is 237 g/mol. The summed E-state index contributed by atoms with van der Waals surface area (Å²) in [6.45, 7) is 6.36. The average Bonchev–Trinajstić information content (AvgIpc) is 2.34. The molecular weight excluding hydrogens is 214 g/mol. The van der Waals surface area contributed by atoms with Gasteiger partial charge in [-0.25, -0.2) is 0 Å². The largest absolute Gasteiger partial charge is 0.496 e. The molecular formula is C14H23NO2. The Labute approximate surface area is 104 Å². The van der Waals surface area contributed by atoms with Crippen LogP contribution in [0.25, 0.3) is 0 Å². The van der Waals surface area contributed by atoms with E-state index in [-0.39, 0.29) is 12.6 Å². The molecule has 96 valence electrons. The molecule has 0 radical (unpaired) electrons. The molecule has 0 spiro atoms. The molecule has 0 fully saturated rings. The van der Waals surface area contributed by atoms with Crippen LogP contribution in [-0.2, 0) is 6.42 Å². The summed E-state index contributed by atoms with van der Waals surface area (Å²) in [5, 5.41) is 12.8. The minimum absolute atomic E-state index is 0.00814. The van der Waals surface area contributed by atoms with Crippen molar-refractivity contribution < 1.29 is 9.84 Å². The third-order valence-electron chi connectivity index (χ3n) is 2.80. The predicted octanol–water partition coefficient (Wildman–Crippen LogP) is 2.29. The summed E-state index contributed by atoms with van der Waals surface area (Å²) in [6.07, 6.45) is 0.927. The molecule has 0 saturated carbocycles. The van der Waals surface area contributed by atoms with Crippen LogP contribution < -0.4 is 10.1 Å². The molecule has 3 heteroatoms. The summed E-state index contributed by atoms with van der Waals surface area (Å²) in [6, 6.07) is 6.42. The summed E-state index contributed by atoms with van der Waals surface area (Å²) in [7, 11) is 1.68. The van der Waals surface area contributed by atoms with Gasteiger partial charge in [0, 0.05) is 6.04 Å². The maximum absolute atomic E-state index is 9.42. The molecule has 1 rings (SSSR count). The minimum Gasteiger partial charge on any atom is -0.496 e. The number of hydrogen-bond donors (Lipinski definition) is 2. The van der Waals surface area contributed by atoms with Crippen LogP contribution in [0.3, 0.4) is 0 Å². The van der Waals surface area contributed by atoms with Crippen LogP contribution in [0.5, 0.6) is 5.75 Å². The lowest BCUT2D eigenvalue weighted by molar-refractivity contribution is 0.237. The Morgan fingerprint density at radius 1 is 1.35 bits per heavy atom. The van der Waals surface area contributed by atoms with E-state index in [2.05, 4.69) is 32.2 Å². The smallest absolute Gasteiger partial charge is 0.122 e. The minimum atomic E-state index is -0.00814. The van der Waals surface area contributed by atoms with E-state index in [0.29, 0.717) is 6.04 Å². The molecule has 0 amide bonds. The summed E-state index contributed by atoms with van der Waals surface area (Å²) >= 11 is 0. The topological polar surface area (TPSA) is 41.5 Å². The molecule has 0 aliphatic rings. The van der Waals surface area contributed by atoms with E-state index in [1.165, 1.54) is 5.56 Å². The molecule has 1 atom stereocenters. The van der Waals surface area contributed by atoms with Crippen molar-refractivity contribution in [3.63, 3.8) is 0 Å². The quantitative estimate of drug-likeness (QED) is 0.797. The lowest BCUT2D eigenvalue weighted by Crippen LogP contribution is -2.30. The van der Waals surface area contributed by atoms with Gasteiger partial charge in [0.1, 0.15) is 5.75 Å². The van der Waals surface area contributed by atoms with E-state index in [1.54, 1.807) is 7.11 Å². The second kappa shape index (κ2) is 6.62. The van der Waals surface area contributed by atoms with Gasteiger partial charge in [-0.15, -0.1) is 0 Å². The van der Waals surface area contributed by atoms with Gasteiger partial charge in [0.2, 0.25) is 0 Å². The number of aliphatic hydroxyl groups excluding tert-OH is 1. The molecule has 1 unspecified atom stereocenters. The van der Waals surface area contributed by atoms with E-state index in [4.69, 9.17) is 4.74 Å². The van der Waals surface area contributed by atoms with E-state index in [9.17, 15) is 5.11 Å². The Morgan fingerprint density at radius 2 is 2.06 bits per heavy atom. The summed E-state index contributed by atoms with van der Waals surface area (Å²) in [4.78, 5) is 0. The van der Waals surface area contributed by atoms with Gasteiger partial charge >= 0.3 is 0 Å². The second-order valence-electron chi connectivity index (χ2n) is 4.48. The van der Waals surface area contributed by atoms with Crippen LogP contribution in [0.15, 0.2) is 18.2 Å². The molecule has 0 aromatic heterocycles. The van der Waals surface area contributed by atoms with Crippen molar-refractivity contribution in [2.75, 3.05) is 13.7 Å². The van der Waals surface area contributed by atoms with Gasteiger partial charge in [-0.2, -0.15) is 0 Å². The van der Waals surface area contributed by atoms with E-state index < -0.39 is 0 Å². The van der Waals surface area contributed by atoms with E-state index >= 15 is 0 Å². The molecule has 0 aliphatic heterocycles. The van der Waals surface area contributed by atoms with Gasteiger partial charge in [-0.3, -0.25) is 0 Å². The van der Waals surface area contributed by atoms with E-state index in [0.717, 1.165) is 17.7 Å². The van der Waals surface area contributed by atoms with Crippen molar-refractivity contribution in [2.45, 2.75) is 39.3 Å². The number of nitrogens with one attached hydrogen (secondary N) is 1. The normalized spacial score (nSPS) is 12.8. The van der Waals surface area contributed by atoms with Crippen molar-refractivity contribution in [1.29, 1.82) is 0 Å². The fourth-order valence-corrected chi connectivity index (χ4v) is 1.95. The lowest BCUT2D eigenvalue weighted by atomic mass is 10.0. The maximum atomic E-state index is 9.42. The fourth-order valence-electron chi connectivity index (χ4n) is 1.95. The molecule has 1 aromatic carbocycles. The first-order chi connectivity index (χ1) is 8.12. The first-order valence-electron chi connectivity index (χ1n) is 6.16. The Hall–Kier alpha value is -1.06. The number of aliphatic hydroxyl groups is 1.